The summed E-state index contributed by atoms with van der Waals surface area (Å²) >= 11 is 1.17. The van der Waals surface area contributed by atoms with Crippen molar-refractivity contribution in [1.29, 1.82) is 0 Å². The van der Waals surface area contributed by atoms with Gasteiger partial charge < -0.3 is 14.6 Å². The number of alkyl halides is 3. The third-order valence-electron chi connectivity index (χ3n) is 2.25. The third-order valence-corrected chi connectivity index (χ3v) is 3.21. The zero-order valence-electron chi connectivity index (χ0n) is 11.3. The minimum absolute atomic E-state index is 0. The molecule has 0 unspecified atom stereocenters. The van der Waals surface area contributed by atoms with E-state index in [9.17, 15) is 23.1 Å². The predicted octanol–water partition coefficient (Wildman–Crippen LogP) is -0.501. The molecule has 22 heavy (non-hydrogen) atoms. The van der Waals surface area contributed by atoms with Gasteiger partial charge in [0.05, 0.1) is 5.97 Å². The summed E-state index contributed by atoms with van der Waals surface area (Å²) in [6.07, 6.45) is -3.57. The van der Waals surface area contributed by atoms with E-state index in [1.165, 1.54) is 48.2 Å². The molecule has 2 aromatic rings. The van der Waals surface area contributed by atoms with Crippen LogP contribution in [0.1, 0.15) is 10.4 Å². The number of ether oxygens (including phenoxy) is 1. The van der Waals surface area contributed by atoms with E-state index in [1.807, 2.05) is 0 Å². The fourth-order valence-corrected chi connectivity index (χ4v) is 2.15. The first-order valence-electron chi connectivity index (χ1n) is 5.54. The second kappa shape index (κ2) is 7.87. The standard InChI is InChI=1S/C13H8F3NO3S.Na/c14-13(15,16)20-9-2-4-10(5-3-9)21-11-6-1-8(7-17-11)12(18)19;/h1-7H,(H,18,19);/q;+1/p-1. The third kappa shape index (κ3) is 5.88. The number of benzene rings is 1. The Hall–Kier alpha value is -1.22. The number of nitrogens with zero attached hydrogens (tertiary/aromatic N) is 1. The van der Waals surface area contributed by atoms with Gasteiger partial charge in [-0.3, -0.25) is 0 Å². The first-order valence-corrected chi connectivity index (χ1v) is 6.36. The molecule has 0 fully saturated rings. The molecule has 0 N–H and O–H groups in total. The molecule has 0 aliphatic carbocycles. The van der Waals surface area contributed by atoms with Crippen molar-refractivity contribution in [1.82, 2.24) is 4.98 Å². The van der Waals surface area contributed by atoms with E-state index in [0.717, 1.165) is 6.20 Å². The molecule has 110 valence electrons. The Bertz CT molecular complexity index is 632. The van der Waals surface area contributed by atoms with Gasteiger partial charge in [0.15, 0.2) is 0 Å². The molecule has 4 nitrogen and oxygen atoms in total. The van der Waals surface area contributed by atoms with Crippen LogP contribution in [0.15, 0.2) is 52.5 Å². The molecular weight excluding hydrogens is 330 g/mol. The summed E-state index contributed by atoms with van der Waals surface area (Å²) in [5.41, 5.74) is -0.0479. The maximum Gasteiger partial charge on any atom is 1.00 e. The van der Waals surface area contributed by atoms with Gasteiger partial charge in [-0.2, -0.15) is 0 Å². The zero-order valence-corrected chi connectivity index (χ0v) is 14.1. The van der Waals surface area contributed by atoms with Crippen LogP contribution in [0.2, 0.25) is 0 Å². The zero-order chi connectivity index (χ0) is 15.5. The van der Waals surface area contributed by atoms with Gasteiger partial charge >= 0.3 is 35.9 Å². The Morgan fingerprint density at radius 2 is 1.77 bits per heavy atom. The fraction of sp³-hybridized carbons (Fsp3) is 0.0769. The number of hydrogen-bond donors (Lipinski definition) is 0. The quantitative estimate of drug-likeness (QED) is 0.704. The summed E-state index contributed by atoms with van der Waals surface area (Å²) in [6, 6.07) is 8.08. The molecule has 1 aromatic heterocycles. The Balaban J connectivity index is 0.00000242. The average molecular weight is 337 g/mol. The van der Waals surface area contributed by atoms with E-state index in [1.54, 1.807) is 0 Å². The molecule has 0 saturated carbocycles. The van der Waals surface area contributed by atoms with Crippen LogP contribution in [0, 0.1) is 0 Å². The number of carbonyl (C=O) groups is 1. The van der Waals surface area contributed by atoms with E-state index < -0.39 is 12.3 Å². The molecule has 0 radical (unpaired) electrons. The maximum absolute atomic E-state index is 12.0. The van der Waals surface area contributed by atoms with Gasteiger partial charge in [0, 0.05) is 16.7 Å². The minimum atomic E-state index is -4.73. The Morgan fingerprint density at radius 1 is 1.14 bits per heavy atom. The Morgan fingerprint density at radius 3 is 2.23 bits per heavy atom. The number of hydrogen-bond acceptors (Lipinski definition) is 5. The molecule has 1 heterocycles. The van der Waals surface area contributed by atoms with E-state index in [2.05, 4.69) is 9.72 Å². The molecule has 0 aliphatic heterocycles. The number of carboxylic acids is 1. The molecule has 0 atom stereocenters. The predicted molar refractivity (Wildman–Crippen MR) is 65.8 cm³/mol. The summed E-state index contributed by atoms with van der Waals surface area (Å²) in [7, 11) is 0. The van der Waals surface area contributed by atoms with E-state index >= 15 is 0 Å². The smallest absolute Gasteiger partial charge is 0.545 e. The second-order valence-electron chi connectivity index (χ2n) is 3.79. The number of aromatic carboxylic acids is 1. The largest absolute Gasteiger partial charge is 1.00 e. The van der Waals surface area contributed by atoms with Crippen LogP contribution in [0.25, 0.3) is 0 Å². The van der Waals surface area contributed by atoms with Crippen molar-refractivity contribution in [2.75, 3.05) is 0 Å². The van der Waals surface area contributed by atoms with Crippen LogP contribution < -0.4 is 39.4 Å². The summed E-state index contributed by atoms with van der Waals surface area (Å²) < 4.78 is 39.8. The first kappa shape index (κ1) is 18.8. The van der Waals surface area contributed by atoms with Gasteiger partial charge in [-0.25, -0.2) is 4.98 Å². The molecule has 0 amide bonds. The van der Waals surface area contributed by atoms with Crippen molar-refractivity contribution in [3.8, 4) is 5.75 Å². The van der Waals surface area contributed by atoms with Crippen LogP contribution in [0.5, 0.6) is 5.75 Å². The van der Waals surface area contributed by atoms with E-state index in [4.69, 9.17) is 0 Å². The van der Waals surface area contributed by atoms with Crippen molar-refractivity contribution in [3.05, 3.63) is 48.2 Å². The monoisotopic (exact) mass is 337 g/mol. The van der Waals surface area contributed by atoms with Crippen molar-refractivity contribution >= 4 is 17.7 Å². The number of carboxylic acid groups (broad SMARTS) is 1. The van der Waals surface area contributed by atoms with Gasteiger partial charge in [0.25, 0.3) is 0 Å². The molecule has 0 saturated heterocycles. The van der Waals surface area contributed by atoms with Crippen LogP contribution in [0.3, 0.4) is 0 Å². The Labute approximate surface area is 150 Å². The maximum atomic E-state index is 12.0. The average Bonchev–Trinajstić information content (AvgIpc) is 2.40. The number of halogens is 3. The summed E-state index contributed by atoms with van der Waals surface area (Å²) in [6.45, 7) is 0. The van der Waals surface area contributed by atoms with Crippen LogP contribution in [0.4, 0.5) is 13.2 Å². The van der Waals surface area contributed by atoms with Crippen LogP contribution in [-0.4, -0.2) is 17.3 Å². The van der Waals surface area contributed by atoms with Gasteiger partial charge in [-0.1, -0.05) is 11.8 Å². The van der Waals surface area contributed by atoms with Gasteiger partial charge in [0.2, 0.25) is 0 Å². The fourth-order valence-electron chi connectivity index (χ4n) is 1.39. The second-order valence-corrected chi connectivity index (χ2v) is 4.89. The minimum Gasteiger partial charge on any atom is -0.545 e. The number of aromatic nitrogens is 1. The summed E-state index contributed by atoms with van der Waals surface area (Å²) in [5, 5.41) is 11.1. The van der Waals surface area contributed by atoms with Crippen molar-refractivity contribution < 1.29 is 57.4 Å². The molecule has 0 aliphatic rings. The van der Waals surface area contributed by atoms with E-state index in [0.29, 0.717) is 9.92 Å². The molecule has 0 spiro atoms. The normalized spacial score (nSPS) is 10.7. The number of carbonyl (C=O) groups excluding carboxylic acids is 1. The topological polar surface area (TPSA) is 62.2 Å². The molecule has 0 bridgehead atoms. The van der Waals surface area contributed by atoms with Gasteiger partial charge in [-0.05, 0) is 36.4 Å². The summed E-state index contributed by atoms with van der Waals surface area (Å²) in [4.78, 5) is 15.1. The van der Waals surface area contributed by atoms with E-state index in [-0.39, 0.29) is 40.9 Å². The van der Waals surface area contributed by atoms with Crippen LogP contribution in [-0.2, 0) is 0 Å². The van der Waals surface area contributed by atoms with Crippen LogP contribution >= 0.6 is 11.8 Å². The molecule has 1 aromatic carbocycles. The van der Waals surface area contributed by atoms with Crippen molar-refractivity contribution in [3.63, 3.8) is 0 Å². The van der Waals surface area contributed by atoms with Crippen molar-refractivity contribution in [2.24, 2.45) is 0 Å². The number of rotatable bonds is 4. The number of pyridine rings is 1. The summed E-state index contributed by atoms with van der Waals surface area (Å²) in [5.74, 6) is -1.64. The molecule has 9 heteroatoms. The van der Waals surface area contributed by atoms with Gasteiger partial charge in [-0.15, -0.1) is 13.2 Å². The SMILES string of the molecule is O=C([O-])c1ccc(Sc2ccc(OC(F)(F)F)cc2)nc1.[Na+]. The first-order chi connectivity index (χ1) is 9.83. The molecule has 2 rings (SSSR count). The molecular formula is C13H7F3NNaO3S. The van der Waals surface area contributed by atoms with Gasteiger partial charge in [0.1, 0.15) is 10.8 Å². The Kier molecular flexibility index (Phi) is 6.73. The van der Waals surface area contributed by atoms with Crippen molar-refractivity contribution in [2.45, 2.75) is 16.3 Å².